The summed E-state index contributed by atoms with van der Waals surface area (Å²) in [6.45, 7) is -0.0811. The molecule has 4 amide bonds. The highest BCUT2D eigenvalue weighted by molar-refractivity contribution is 6.40. The largest absolute Gasteiger partial charge is 0.458 e. The van der Waals surface area contributed by atoms with E-state index >= 15 is 0 Å². The fourth-order valence-electron chi connectivity index (χ4n) is 2.54. The summed E-state index contributed by atoms with van der Waals surface area (Å²) in [6.07, 6.45) is 1.18. The summed E-state index contributed by atoms with van der Waals surface area (Å²) in [7, 11) is 0. The number of benzene rings is 2. The maximum Gasteiger partial charge on any atom is 0.329 e. The SMILES string of the molecule is O=C(NCc1ccc(/C=N/NC(=O)C(=O)Nc2ccccc2)o1)C(=O)Nc1cc(Cl)cc(Cl)c1. The molecule has 0 bridgehead atoms. The van der Waals surface area contributed by atoms with E-state index in [1.165, 1.54) is 30.5 Å². The number of hydrogen-bond acceptors (Lipinski definition) is 6. The quantitative estimate of drug-likeness (QED) is 0.233. The summed E-state index contributed by atoms with van der Waals surface area (Å²) in [5.74, 6) is -3.11. The van der Waals surface area contributed by atoms with Gasteiger partial charge in [-0.3, -0.25) is 19.2 Å². The molecular weight excluding hydrogens is 485 g/mol. The number of nitrogens with one attached hydrogen (secondary N) is 4. The Morgan fingerprint density at radius 1 is 0.794 bits per heavy atom. The van der Waals surface area contributed by atoms with Crippen LogP contribution in [0.25, 0.3) is 0 Å². The topological polar surface area (TPSA) is 142 Å². The van der Waals surface area contributed by atoms with E-state index in [0.29, 0.717) is 21.5 Å². The molecular formula is C22H17Cl2N5O5. The molecule has 2 aromatic carbocycles. The first-order chi connectivity index (χ1) is 16.3. The van der Waals surface area contributed by atoms with Crippen molar-refractivity contribution in [2.75, 3.05) is 10.6 Å². The molecule has 10 nitrogen and oxygen atoms in total. The number of hydrazone groups is 1. The molecule has 34 heavy (non-hydrogen) atoms. The Hall–Kier alpha value is -4.15. The van der Waals surface area contributed by atoms with Gasteiger partial charge in [-0.2, -0.15) is 5.10 Å². The van der Waals surface area contributed by atoms with Crippen LogP contribution in [0.3, 0.4) is 0 Å². The monoisotopic (exact) mass is 501 g/mol. The van der Waals surface area contributed by atoms with E-state index in [4.69, 9.17) is 27.6 Å². The molecule has 0 aliphatic heterocycles. The second-order valence-corrected chi connectivity index (χ2v) is 7.49. The highest BCUT2D eigenvalue weighted by Crippen LogP contribution is 2.22. The smallest absolute Gasteiger partial charge is 0.329 e. The summed E-state index contributed by atoms with van der Waals surface area (Å²) in [5, 5.41) is 11.5. The maximum atomic E-state index is 12.0. The van der Waals surface area contributed by atoms with Crippen molar-refractivity contribution in [2.24, 2.45) is 5.10 Å². The molecule has 3 aromatic rings. The predicted octanol–water partition coefficient (Wildman–Crippen LogP) is 2.93. The van der Waals surface area contributed by atoms with Crippen molar-refractivity contribution in [3.8, 4) is 0 Å². The molecule has 0 atom stereocenters. The van der Waals surface area contributed by atoms with E-state index < -0.39 is 23.6 Å². The fourth-order valence-corrected chi connectivity index (χ4v) is 3.06. The maximum absolute atomic E-state index is 12.0. The Morgan fingerprint density at radius 2 is 1.44 bits per heavy atom. The average Bonchev–Trinajstić information content (AvgIpc) is 3.25. The molecule has 4 N–H and O–H groups in total. The van der Waals surface area contributed by atoms with Gasteiger partial charge in [-0.1, -0.05) is 41.4 Å². The number of amides is 4. The molecule has 0 unspecified atom stereocenters. The van der Waals surface area contributed by atoms with Gasteiger partial charge in [0.15, 0.2) is 0 Å². The van der Waals surface area contributed by atoms with Crippen LogP contribution in [0.1, 0.15) is 11.5 Å². The van der Waals surface area contributed by atoms with Gasteiger partial charge in [0.2, 0.25) is 0 Å². The molecule has 1 aromatic heterocycles. The summed E-state index contributed by atoms with van der Waals surface area (Å²) < 4.78 is 5.42. The van der Waals surface area contributed by atoms with Gasteiger partial charge in [0.1, 0.15) is 11.5 Å². The van der Waals surface area contributed by atoms with Gasteiger partial charge in [0.25, 0.3) is 0 Å². The normalized spacial score (nSPS) is 10.5. The van der Waals surface area contributed by atoms with Gasteiger partial charge in [-0.25, -0.2) is 5.43 Å². The first-order valence-electron chi connectivity index (χ1n) is 9.63. The minimum atomic E-state index is -0.967. The van der Waals surface area contributed by atoms with Gasteiger partial charge in [-0.15, -0.1) is 0 Å². The van der Waals surface area contributed by atoms with Crippen molar-refractivity contribution in [1.29, 1.82) is 0 Å². The van der Waals surface area contributed by atoms with Crippen LogP contribution in [0.5, 0.6) is 0 Å². The summed E-state index contributed by atoms with van der Waals surface area (Å²) in [4.78, 5) is 47.6. The van der Waals surface area contributed by atoms with Crippen molar-refractivity contribution in [3.05, 3.63) is 82.2 Å². The number of carbonyl (C=O) groups is 4. The molecule has 1 heterocycles. The van der Waals surface area contributed by atoms with E-state index in [9.17, 15) is 19.2 Å². The summed E-state index contributed by atoms with van der Waals surface area (Å²) in [6, 6.07) is 15.9. The summed E-state index contributed by atoms with van der Waals surface area (Å²) in [5.41, 5.74) is 2.81. The number of anilines is 2. The van der Waals surface area contributed by atoms with E-state index in [2.05, 4.69) is 26.5 Å². The van der Waals surface area contributed by atoms with Crippen LogP contribution >= 0.6 is 23.2 Å². The van der Waals surface area contributed by atoms with Gasteiger partial charge in [-0.05, 0) is 42.5 Å². The number of halogens is 2. The molecule has 0 spiro atoms. The van der Waals surface area contributed by atoms with E-state index in [-0.39, 0.29) is 18.0 Å². The third-order valence-corrected chi connectivity index (χ3v) is 4.46. The van der Waals surface area contributed by atoms with Crippen LogP contribution in [-0.4, -0.2) is 29.8 Å². The Kier molecular flexibility index (Phi) is 8.38. The third kappa shape index (κ3) is 7.47. The zero-order valence-electron chi connectivity index (χ0n) is 17.3. The number of hydrogen-bond donors (Lipinski definition) is 4. The molecule has 0 aliphatic carbocycles. The van der Waals surface area contributed by atoms with Crippen LogP contribution in [0.4, 0.5) is 11.4 Å². The highest BCUT2D eigenvalue weighted by Gasteiger charge is 2.15. The Bertz CT molecular complexity index is 1220. The van der Waals surface area contributed by atoms with Gasteiger partial charge in [0, 0.05) is 21.4 Å². The van der Waals surface area contributed by atoms with Crippen LogP contribution in [-0.2, 0) is 25.7 Å². The second-order valence-electron chi connectivity index (χ2n) is 6.62. The van der Waals surface area contributed by atoms with Crippen molar-refractivity contribution < 1.29 is 23.6 Å². The zero-order chi connectivity index (χ0) is 24.5. The van der Waals surface area contributed by atoms with Gasteiger partial charge in [0.05, 0.1) is 12.8 Å². The van der Waals surface area contributed by atoms with Crippen LogP contribution in [0, 0.1) is 0 Å². The lowest BCUT2D eigenvalue weighted by atomic mass is 10.3. The zero-order valence-corrected chi connectivity index (χ0v) is 18.8. The molecule has 0 radical (unpaired) electrons. The predicted molar refractivity (Wildman–Crippen MR) is 126 cm³/mol. The van der Waals surface area contributed by atoms with Crippen molar-refractivity contribution in [2.45, 2.75) is 6.54 Å². The van der Waals surface area contributed by atoms with Gasteiger partial charge < -0.3 is 20.4 Å². The molecule has 0 fully saturated rings. The first kappa shape index (κ1) is 24.5. The fraction of sp³-hybridized carbons (Fsp3) is 0.0455. The number of para-hydroxylation sites is 1. The molecule has 0 saturated carbocycles. The summed E-state index contributed by atoms with van der Waals surface area (Å²) >= 11 is 11.7. The van der Waals surface area contributed by atoms with Crippen molar-refractivity contribution >= 4 is 64.4 Å². The number of nitrogens with zero attached hydrogens (tertiary/aromatic N) is 1. The lowest BCUT2D eigenvalue weighted by molar-refractivity contribution is -0.136. The second kappa shape index (κ2) is 11.6. The minimum Gasteiger partial charge on any atom is -0.458 e. The Morgan fingerprint density at radius 3 is 2.15 bits per heavy atom. The highest BCUT2D eigenvalue weighted by atomic mass is 35.5. The lowest BCUT2D eigenvalue weighted by Crippen LogP contribution is -2.34. The van der Waals surface area contributed by atoms with Gasteiger partial charge >= 0.3 is 23.6 Å². The number of furan rings is 1. The van der Waals surface area contributed by atoms with E-state index in [1.807, 2.05) is 0 Å². The lowest BCUT2D eigenvalue weighted by Gasteiger charge is -2.06. The number of carbonyl (C=O) groups excluding carboxylic acids is 4. The molecule has 12 heteroatoms. The standard InChI is InChI=1S/C22H17Cl2N5O5/c23-13-8-14(24)10-16(9-13)28-20(31)19(30)25-11-17-6-7-18(34-17)12-26-29-22(33)21(32)27-15-4-2-1-3-5-15/h1-10,12H,11H2,(H,25,30)(H,27,32)(H,28,31)(H,29,33)/b26-12+. The van der Waals surface area contributed by atoms with Crippen LogP contribution < -0.4 is 21.4 Å². The first-order valence-corrected chi connectivity index (χ1v) is 10.4. The van der Waals surface area contributed by atoms with Crippen molar-refractivity contribution in [1.82, 2.24) is 10.7 Å². The molecule has 0 saturated heterocycles. The molecule has 174 valence electrons. The van der Waals surface area contributed by atoms with E-state index in [0.717, 1.165) is 0 Å². The van der Waals surface area contributed by atoms with E-state index in [1.54, 1.807) is 36.4 Å². The van der Waals surface area contributed by atoms with Crippen molar-refractivity contribution in [3.63, 3.8) is 0 Å². The minimum absolute atomic E-state index is 0.0811. The average molecular weight is 502 g/mol. The molecule has 3 rings (SSSR count). The Balaban J connectivity index is 1.44. The van der Waals surface area contributed by atoms with Crippen LogP contribution in [0.2, 0.25) is 10.0 Å². The number of rotatable bonds is 6. The van der Waals surface area contributed by atoms with Crippen LogP contribution in [0.15, 0.2) is 70.2 Å². The third-order valence-electron chi connectivity index (χ3n) is 4.03. The molecule has 0 aliphatic rings. The Labute approximate surface area is 203 Å².